The number of sulfonamides is 1. The highest BCUT2D eigenvalue weighted by Gasteiger charge is 2.18. The average Bonchev–Trinajstić information content (AvgIpc) is 2.76. The number of para-hydroxylation sites is 1. The van der Waals surface area contributed by atoms with Crippen molar-refractivity contribution in [2.24, 2.45) is 0 Å². The molecule has 0 atom stereocenters. The van der Waals surface area contributed by atoms with Crippen LogP contribution in [0, 0.1) is 13.8 Å². The van der Waals surface area contributed by atoms with Gasteiger partial charge in [-0.3, -0.25) is 14.5 Å². The molecule has 1 aromatic heterocycles. The number of pyridine rings is 1. The number of aryl methyl sites for hydroxylation is 2. The number of hydrogen-bond donors (Lipinski definition) is 2. The van der Waals surface area contributed by atoms with Crippen molar-refractivity contribution in [3.63, 3.8) is 0 Å². The van der Waals surface area contributed by atoms with E-state index in [9.17, 15) is 13.2 Å². The van der Waals surface area contributed by atoms with Crippen molar-refractivity contribution in [3.8, 4) is 0 Å². The van der Waals surface area contributed by atoms with Gasteiger partial charge in [0, 0.05) is 28.5 Å². The lowest BCUT2D eigenvalue weighted by atomic mass is 10.1. The SMILES string of the molecule is Cc1ccc(C)c(NC(=O)c2ccc(NS(=O)(=O)c3cccc4cccnc34)cc2)c1. The number of aromatic nitrogens is 1. The average molecular weight is 432 g/mol. The summed E-state index contributed by atoms with van der Waals surface area (Å²) in [5.74, 6) is -0.263. The molecule has 0 saturated carbocycles. The Morgan fingerprint density at radius 2 is 1.65 bits per heavy atom. The summed E-state index contributed by atoms with van der Waals surface area (Å²) in [7, 11) is -3.85. The zero-order valence-electron chi connectivity index (χ0n) is 17.1. The number of fused-ring (bicyclic) bond motifs is 1. The molecule has 0 radical (unpaired) electrons. The van der Waals surface area contributed by atoms with E-state index in [0.717, 1.165) is 22.2 Å². The molecule has 0 spiro atoms. The van der Waals surface area contributed by atoms with E-state index in [1.165, 1.54) is 6.07 Å². The van der Waals surface area contributed by atoms with Crippen molar-refractivity contribution >= 4 is 38.2 Å². The number of nitrogens with one attached hydrogen (secondary N) is 2. The van der Waals surface area contributed by atoms with Gasteiger partial charge in [-0.05, 0) is 67.4 Å². The van der Waals surface area contributed by atoms with Gasteiger partial charge in [-0.1, -0.05) is 30.3 Å². The van der Waals surface area contributed by atoms with E-state index in [1.54, 1.807) is 42.6 Å². The Labute approximate surface area is 181 Å². The molecule has 0 saturated heterocycles. The first-order valence-corrected chi connectivity index (χ1v) is 11.2. The number of hydrogen-bond acceptors (Lipinski definition) is 4. The molecule has 1 amide bonds. The zero-order valence-corrected chi connectivity index (χ0v) is 17.9. The van der Waals surface area contributed by atoms with Crippen molar-refractivity contribution in [1.82, 2.24) is 4.98 Å². The third-order valence-corrected chi connectivity index (χ3v) is 6.34. The van der Waals surface area contributed by atoms with Crippen molar-refractivity contribution in [2.45, 2.75) is 18.7 Å². The van der Waals surface area contributed by atoms with E-state index in [0.29, 0.717) is 16.8 Å². The fourth-order valence-electron chi connectivity index (χ4n) is 3.26. The van der Waals surface area contributed by atoms with Crippen LogP contribution in [0.15, 0.2) is 83.9 Å². The summed E-state index contributed by atoms with van der Waals surface area (Å²) in [5.41, 5.74) is 3.95. The Balaban J connectivity index is 1.54. The molecule has 0 aliphatic rings. The quantitative estimate of drug-likeness (QED) is 0.470. The van der Waals surface area contributed by atoms with Gasteiger partial charge < -0.3 is 5.32 Å². The summed E-state index contributed by atoms with van der Waals surface area (Å²) in [4.78, 5) is 16.9. The van der Waals surface area contributed by atoms with Crippen LogP contribution < -0.4 is 10.0 Å². The summed E-state index contributed by atoms with van der Waals surface area (Å²) >= 11 is 0. The minimum Gasteiger partial charge on any atom is -0.322 e. The molecule has 3 aromatic carbocycles. The molecule has 4 rings (SSSR count). The predicted molar refractivity (Wildman–Crippen MR) is 123 cm³/mol. The largest absolute Gasteiger partial charge is 0.322 e. The van der Waals surface area contributed by atoms with Gasteiger partial charge in [-0.15, -0.1) is 0 Å². The molecule has 1 heterocycles. The Morgan fingerprint density at radius 3 is 2.42 bits per heavy atom. The van der Waals surface area contributed by atoms with Gasteiger partial charge in [0.2, 0.25) is 0 Å². The van der Waals surface area contributed by atoms with Gasteiger partial charge in [0.05, 0.1) is 5.52 Å². The smallest absolute Gasteiger partial charge is 0.264 e. The van der Waals surface area contributed by atoms with Gasteiger partial charge in [0.25, 0.3) is 15.9 Å². The van der Waals surface area contributed by atoms with Gasteiger partial charge in [0.15, 0.2) is 0 Å². The Morgan fingerprint density at radius 1 is 0.903 bits per heavy atom. The maximum Gasteiger partial charge on any atom is 0.264 e. The lowest BCUT2D eigenvalue weighted by Gasteiger charge is -2.11. The number of amides is 1. The fraction of sp³-hybridized carbons (Fsp3) is 0.0833. The first-order valence-electron chi connectivity index (χ1n) is 9.69. The van der Waals surface area contributed by atoms with Crippen molar-refractivity contribution in [2.75, 3.05) is 10.0 Å². The molecule has 0 unspecified atom stereocenters. The van der Waals surface area contributed by atoms with E-state index in [2.05, 4.69) is 15.0 Å². The standard InChI is InChI=1S/C24H21N3O3S/c1-16-8-9-17(2)21(15-16)26-24(28)19-10-12-20(13-11-19)27-31(29,30)22-7-3-5-18-6-4-14-25-23(18)22/h3-15,27H,1-2H3,(H,26,28). The highest BCUT2D eigenvalue weighted by Crippen LogP contribution is 2.24. The van der Waals surface area contributed by atoms with Crippen LogP contribution in [0.25, 0.3) is 10.9 Å². The minimum absolute atomic E-state index is 0.0994. The van der Waals surface area contributed by atoms with Crippen molar-refractivity contribution < 1.29 is 13.2 Å². The second-order valence-electron chi connectivity index (χ2n) is 7.29. The third kappa shape index (κ3) is 4.41. The maximum absolute atomic E-state index is 12.9. The number of rotatable bonds is 5. The van der Waals surface area contributed by atoms with Crippen LogP contribution in [0.3, 0.4) is 0 Å². The topological polar surface area (TPSA) is 88.2 Å². The summed E-state index contributed by atoms with van der Waals surface area (Å²) in [6, 6.07) is 20.7. The molecule has 31 heavy (non-hydrogen) atoms. The van der Waals surface area contributed by atoms with E-state index >= 15 is 0 Å². The molecular weight excluding hydrogens is 410 g/mol. The molecule has 2 N–H and O–H groups in total. The van der Waals surface area contributed by atoms with Crippen LogP contribution in [-0.2, 0) is 10.0 Å². The van der Waals surface area contributed by atoms with Gasteiger partial charge in [-0.25, -0.2) is 8.42 Å². The van der Waals surface area contributed by atoms with Crippen LogP contribution in [-0.4, -0.2) is 19.3 Å². The third-order valence-electron chi connectivity index (χ3n) is 4.93. The van der Waals surface area contributed by atoms with Crippen LogP contribution in [0.1, 0.15) is 21.5 Å². The van der Waals surface area contributed by atoms with Crippen molar-refractivity contribution in [1.29, 1.82) is 0 Å². The molecule has 6 nitrogen and oxygen atoms in total. The molecular formula is C24H21N3O3S. The van der Waals surface area contributed by atoms with Crippen LogP contribution in [0.2, 0.25) is 0 Å². The van der Waals surface area contributed by atoms with E-state index in [1.807, 2.05) is 44.2 Å². The maximum atomic E-state index is 12.9. The summed E-state index contributed by atoms with van der Waals surface area (Å²) in [5, 5.41) is 3.63. The lowest BCUT2D eigenvalue weighted by molar-refractivity contribution is 0.102. The summed E-state index contributed by atoms with van der Waals surface area (Å²) in [6.45, 7) is 3.89. The van der Waals surface area contributed by atoms with E-state index in [-0.39, 0.29) is 10.8 Å². The molecule has 0 aliphatic carbocycles. The second kappa shape index (κ2) is 8.20. The zero-order chi connectivity index (χ0) is 22.0. The first-order chi connectivity index (χ1) is 14.8. The van der Waals surface area contributed by atoms with E-state index in [4.69, 9.17) is 0 Å². The van der Waals surface area contributed by atoms with Gasteiger partial charge >= 0.3 is 0 Å². The number of carbonyl (C=O) groups excluding carboxylic acids is 1. The monoisotopic (exact) mass is 431 g/mol. The normalized spacial score (nSPS) is 11.3. The molecule has 0 aliphatic heterocycles. The number of nitrogens with zero attached hydrogens (tertiary/aromatic N) is 1. The van der Waals surface area contributed by atoms with E-state index < -0.39 is 10.0 Å². The number of anilines is 2. The fourth-order valence-corrected chi connectivity index (χ4v) is 4.50. The Hall–Kier alpha value is -3.71. The summed E-state index contributed by atoms with van der Waals surface area (Å²) < 4.78 is 28.4. The number of carbonyl (C=O) groups is 1. The molecule has 156 valence electrons. The molecule has 4 aromatic rings. The van der Waals surface area contributed by atoms with Gasteiger partial charge in [0.1, 0.15) is 4.90 Å². The highest BCUT2D eigenvalue weighted by atomic mass is 32.2. The second-order valence-corrected chi connectivity index (χ2v) is 8.94. The van der Waals surface area contributed by atoms with Crippen molar-refractivity contribution in [3.05, 3.63) is 95.7 Å². The summed E-state index contributed by atoms with van der Waals surface area (Å²) in [6.07, 6.45) is 1.56. The van der Waals surface area contributed by atoms with Crippen LogP contribution >= 0.6 is 0 Å². The first kappa shape index (κ1) is 20.6. The predicted octanol–water partition coefficient (Wildman–Crippen LogP) is 4.90. The highest BCUT2D eigenvalue weighted by molar-refractivity contribution is 7.93. The van der Waals surface area contributed by atoms with Crippen LogP contribution in [0.4, 0.5) is 11.4 Å². The lowest BCUT2D eigenvalue weighted by Crippen LogP contribution is -2.15. The number of benzene rings is 3. The molecule has 0 fully saturated rings. The van der Waals surface area contributed by atoms with Gasteiger partial charge in [-0.2, -0.15) is 0 Å². The Kier molecular flexibility index (Phi) is 5.44. The molecule has 7 heteroatoms. The molecule has 0 bridgehead atoms. The Bertz CT molecular complexity index is 1380. The minimum atomic E-state index is -3.85. The van der Waals surface area contributed by atoms with Crippen LogP contribution in [0.5, 0.6) is 0 Å².